The van der Waals surface area contributed by atoms with Gasteiger partial charge in [-0.3, -0.25) is 0 Å². The van der Waals surface area contributed by atoms with Crippen molar-refractivity contribution in [1.29, 1.82) is 0 Å². The molecule has 0 N–H and O–H groups in total. The highest BCUT2D eigenvalue weighted by Gasteiger charge is 2.47. The van der Waals surface area contributed by atoms with Crippen molar-refractivity contribution in [2.45, 2.75) is 18.6 Å². The Morgan fingerprint density at radius 3 is 2.69 bits per heavy atom. The Kier molecular flexibility index (Phi) is 1.58. The fourth-order valence-electron chi connectivity index (χ4n) is 2.76. The molecule has 16 heavy (non-hydrogen) atoms. The smallest absolute Gasteiger partial charge is 0.110 e. The summed E-state index contributed by atoms with van der Waals surface area (Å²) in [6, 6.07) is 17.2. The van der Waals surface area contributed by atoms with Crippen molar-refractivity contribution in [2.75, 3.05) is 0 Å². The lowest BCUT2D eigenvalue weighted by molar-refractivity contribution is 0.361. The van der Waals surface area contributed by atoms with Crippen LogP contribution >= 0.6 is 0 Å². The highest BCUT2D eigenvalue weighted by molar-refractivity contribution is 5.70. The van der Waals surface area contributed by atoms with Gasteiger partial charge < -0.3 is 4.74 Å². The molecule has 0 bridgehead atoms. The van der Waals surface area contributed by atoms with E-state index < -0.39 is 0 Å². The monoisotopic (exact) mass is 208 g/mol. The summed E-state index contributed by atoms with van der Waals surface area (Å²) < 4.78 is 5.57. The molecule has 0 radical (unpaired) electrons. The Balaban J connectivity index is 1.91. The van der Waals surface area contributed by atoms with E-state index in [2.05, 4.69) is 48.5 Å². The van der Waals surface area contributed by atoms with E-state index in [4.69, 9.17) is 4.74 Å². The van der Waals surface area contributed by atoms with Gasteiger partial charge in [-0.1, -0.05) is 48.5 Å². The molecule has 2 aromatic rings. The summed E-state index contributed by atoms with van der Waals surface area (Å²) in [6.07, 6.45) is 1.96. The Hall–Kier alpha value is -1.60. The minimum absolute atomic E-state index is 0.402. The molecule has 0 aromatic heterocycles. The maximum atomic E-state index is 5.57. The van der Waals surface area contributed by atoms with Crippen LogP contribution < -0.4 is 0 Å². The van der Waals surface area contributed by atoms with Crippen LogP contribution in [0.2, 0.25) is 0 Å². The summed E-state index contributed by atoms with van der Waals surface area (Å²) in [5, 5.41) is 0. The van der Waals surface area contributed by atoms with E-state index in [0.717, 1.165) is 6.42 Å². The molecule has 78 valence electrons. The van der Waals surface area contributed by atoms with Crippen LogP contribution in [0.4, 0.5) is 0 Å². The zero-order valence-electron chi connectivity index (χ0n) is 8.89. The van der Waals surface area contributed by atoms with Crippen molar-refractivity contribution in [3.63, 3.8) is 0 Å². The third-order valence-corrected chi connectivity index (χ3v) is 3.59. The maximum Gasteiger partial charge on any atom is 0.110 e. The fraction of sp³-hybridized carbons (Fsp3) is 0.200. The standard InChI is InChI=1S/C15H12O/c1-2-5-10(6-3-1)11-7-4-8-12-13(11)9-14-15(12)16-14/h1-8,14-15H,9H2. The lowest BCUT2D eigenvalue weighted by Gasteiger charge is -2.10. The molecule has 0 spiro atoms. The molecule has 4 rings (SSSR count). The van der Waals surface area contributed by atoms with Crippen LogP contribution in [0.3, 0.4) is 0 Å². The van der Waals surface area contributed by atoms with Crippen LogP contribution in [0.15, 0.2) is 48.5 Å². The molecule has 1 aliphatic heterocycles. The second-order valence-electron chi connectivity index (χ2n) is 4.54. The molecule has 2 aromatic carbocycles. The van der Waals surface area contributed by atoms with Gasteiger partial charge in [0.25, 0.3) is 0 Å². The zero-order valence-corrected chi connectivity index (χ0v) is 8.89. The van der Waals surface area contributed by atoms with Crippen LogP contribution in [0.1, 0.15) is 17.2 Å². The SMILES string of the molecule is c1ccc(-c2cccc3c2CC2OC32)cc1. The largest absolute Gasteiger partial charge is 0.364 e. The van der Waals surface area contributed by atoms with Gasteiger partial charge in [0.1, 0.15) is 6.10 Å². The summed E-state index contributed by atoms with van der Waals surface area (Å²) in [5.41, 5.74) is 5.61. The van der Waals surface area contributed by atoms with Gasteiger partial charge in [0.15, 0.2) is 0 Å². The first kappa shape index (κ1) is 8.54. The minimum Gasteiger partial charge on any atom is -0.364 e. The van der Waals surface area contributed by atoms with E-state index in [1.807, 2.05) is 0 Å². The highest BCUT2D eigenvalue weighted by Crippen LogP contribution is 2.50. The van der Waals surface area contributed by atoms with E-state index >= 15 is 0 Å². The Morgan fingerprint density at radius 2 is 1.81 bits per heavy atom. The molecule has 2 unspecified atom stereocenters. The molecule has 1 aliphatic carbocycles. The molecule has 1 fully saturated rings. The second kappa shape index (κ2) is 2.96. The average molecular weight is 208 g/mol. The van der Waals surface area contributed by atoms with Gasteiger partial charge in [-0.05, 0) is 22.3 Å². The average Bonchev–Trinajstić information content (AvgIpc) is 3.02. The van der Waals surface area contributed by atoms with Gasteiger partial charge in [0.2, 0.25) is 0 Å². The van der Waals surface area contributed by atoms with Crippen LogP contribution in [-0.4, -0.2) is 6.10 Å². The summed E-state index contributed by atoms with van der Waals surface area (Å²) in [6.45, 7) is 0. The predicted molar refractivity (Wildman–Crippen MR) is 63.2 cm³/mol. The minimum atomic E-state index is 0.402. The molecule has 1 nitrogen and oxygen atoms in total. The van der Waals surface area contributed by atoms with Crippen molar-refractivity contribution in [2.24, 2.45) is 0 Å². The number of hydrogen-bond acceptors (Lipinski definition) is 1. The molecule has 2 aliphatic rings. The van der Waals surface area contributed by atoms with E-state index in [1.54, 1.807) is 0 Å². The van der Waals surface area contributed by atoms with Gasteiger partial charge in [-0.25, -0.2) is 0 Å². The van der Waals surface area contributed by atoms with Gasteiger partial charge >= 0.3 is 0 Å². The lowest BCUT2D eigenvalue weighted by Crippen LogP contribution is -1.93. The third-order valence-electron chi connectivity index (χ3n) is 3.59. The summed E-state index contributed by atoms with van der Waals surface area (Å²) in [7, 11) is 0. The van der Waals surface area contributed by atoms with Gasteiger partial charge in [-0.15, -0.1) is 0 Å². The van der Waals surface area contributed by atoms with Crippen LogP contribution in [0, 0.1) is 0 Å². The molecule has 1 heterocycles. The normalized spacial score (nSPS) is 25.0. The first-order valence-corrected chi connectivity index (χ1v) is 5.76. The van der Waals surface area contributed by atoms with Crippen molar-refractivity contribution in [3.05, 3.63) is 59.7 Å². The lowest BCUT2D eigenvalue weighted by atomic mass is 9.96. The van der Waals surface area contributed by atoms with Crippen molar-refractivity contribution < 1.29 is 4.74 Å². The van der Waals surface area contributed by atoms with Crippen LogP contribution in [-0.2, 0) is 11.2 Å². The molecule has 0 saturated carbocycles. The van der Waals surface area contributed by atoms with Crippen LogP contribution in [0.5, 0.6) is 0 Å². The Bertz CT molecular complexity index is 545. The molecular formula is C15H12O. The van der Waals surface area contributed by atoms with Crippen molar-refractivity contribution >= 4 is 0 Å². The molecular weight excluding hydrogens is 196 g/mol. The molecule has 1 heteroatoms. The van der Waals surface area contributed by atoms with Crippen molar-refractivity contribution in [3.8, 4) is 11.1 Å². The number of rotatable bonds is 1. The number of epoxide rings is 1. The van der Waals surface area contributed by atoms with Gasteiger partial charge in [0, 0.05) is 6.42 Å². The summed E-state index contributed by atoms with van der Waals surface area (Å²) >= 11 is 0. The third kappa shape index (κ3) is 1.09. The quantitative estimate of drug-likeness (QED) is 0.655. The topological polar surface area (TPSA) is 12.5 Å². The highest BCUT2D eigenvalue weighted by atomic mass is 16.6. The molecule has 0 amide bonds. The van der Waals surface area contributed by atoms with E-state index in [9.17, 15) is 0 Å². The first-order chi connectivity index (χ1) is 7.93. The van der Waals surface area contributed by atoms with Crippen LogP contribution in [0.25, 0.3) is 11.1 Å². The number of benzene rings is 2. The zero-order chi connectivity index (χ0) is 10.5. The Morgan fingerprint density at radius 1 is 0.938 bits per heavy atom. The molecule has 2 atom stereocenters. The van der Waals surface area contributed by atoms with Gasteiger partial charge in [-0.2, -0.15) is 0 Å². The van der Waals surface area contributed by atoms with E-state index in [1.165, 1.54) is 22.3 Å². The summed E-state index contributed by atoms with van der Waals surface area (Å²) in [4.78, 5) is 0. The fourth-order valence-corrected chi connectivity index (χ4v) is 2.76. The van der Waals surface area contributed by atoms with Gasteiger partial charge in [0.05, 0.1) is 6.10 Å². The second-order valence-corrected chi connectivity index (χ2v) is 4.54. The van der Waals surface area contributed by atoms with Crippen molar-refractivity contribution in [1.82, 2.24) is 0 Å². The predicted octanol–water partition coefficient (Wildman–Crippen LogP) is 3.35. The Labute approximate surface area is 94.7 Å². The maximum absolute atomic E-state index is 5.57. The number of ether oxygens (including phenoxy) is 1. The number of hydrogen-bond donors (Lipinski definition) is 0. The number of fused-ring (bicyclic) bond motifs is 3. The van der Waals surface area contributed by atoms with E-state index in [0.29, 0.717) is 12.2 Å². The molecule has 1 saturated heterocycles. The van der Waals surface area contributed by atoms with E-state index in [-0.39, 0.29) is 0 Å². The first-order valence-electron chi connectivity index (χ1n) is 5.76. The summed E-state index contributed by atoms with van der Waals surface area (Å²) in [5.74, 6) is 0.